The van der Waals surface area contributed by atoms with Crippen LogP contribution >= 0.6 is 0 Å². The summed E-state index contributed by atoms with van der Waals surface area (Å²) in [5.74, 6) is -2.73. The summed E-state index contributed by atoms with van der Waals surface area (Å²) in [5, 5.41) is 11.3. The van der Waals surface area contributed by atoms with Gasteiger partial charge in [0, 0.05) is 12.6 Å². The van der Waals surface area contributed by atoms with Gasteiger partial charge in [-0.05, 0) is 31.4 Å². The Morgan fingerprint density at radius 1 is 1.30 bits per heavy atom. The number of carboxylic acids is 1. The van der Waals surface area contributed by atoms with Gasteiger partial charge < -0.3 is 15.3 Å². The molecule has 1 aliphatic heterocycles. The van der Waals surface area contributed by atoms with Gasteiger partial charge in [-0.15, -0.1) is 0 Å². The molecule has 0 radical (unpaired) electrons. The number of carbonyl (C=O) groups excluding carboxylic acids is 1. The SMILES string of the molecule is O=C(O)C1CCCCN1C(=O)Nc1ccc(F)cc1F. The molecule has 0 aliphatic carbocycles. The minimum absolute atomic E-state index is 0.175. The van der Waals surface area contributed by atoms with Crippen LogP contribution in [0.3, 0.4) is 0 Å². The van der Waals surface area contributed by atoms with Crippen LogP contribution in [0.4, 0.5) is 19.3 Å². The summed E-state index contributed by atoms with van der Waals surface area (Å²) < 4.78 is 26.2. The first kappa shape index (κ1) is 14.2. The number of urea groups is 1. The van der Waals surface area contributed by atoms with E-state index < -0.39 is 29.7 Å². The van der Waals surface area contributed by atoms with Crippen LogP contribution in [0, 0.1) is 11.6 Å². The number of rotatable bonds is 2. The fourth-order valence-corrected chi connectivity index (χ4v) is 2.21. The third-order valence-corrected chi connectivity index (χ3v) is 3.22. The molecule has 2 N–H and O–H groups in total. The van der Waals surface area contributed by atoms with Gasteiger partial charge in [0.15, 0.2) is 0 Å². The maximum Gasteiger partial charge on any atom is 0.326 e. The van der Waals surface area contributed by atoms with E-state index in [1.165, 1.54) is 0 Å². The number of hydrogen-bond acceptors (Lipinski definition) is 2. The van der Waals surface area contributed by atoms with Crippen LogP contribution in [0.5, 0.6) is 0 Å². The van der Waals surface area contributed by atoms with Gasteiger partial charge in [-0.25, -0.2) is 18.4 Å². The molecule has 2 rings (SSSR count). The van der Waals surface area contributed by atoms with Crippen molar-refractivity contribution in [3.8, 4) is 0 Å². The molecule has 1 saturated heterocycles. The molecule has 1 aliphatic rings. The number of nitrogens with zero attached hydrogens (tertiary/aromatic N) is 1. The summed E-state index contributed by atoms with van der Waals surface area (Å²) in [6.07, 6.45) is 1.80. The Morgan fingerprint density at radius 2 is 2.05 bits per heavy atom. The molecule has 1 fully saturated rings. The summed E-state index contributed by atoms with van der Waals surface area (Å²) in [5.41, 5.74) is -0.175. The van der Waals surface area contributed by atoms with Gasteiger partial charge >= 0.3 is 12.0 Å². The molecule has 108 valence electrons. The molecular weight excluding hydrogens is 270 g/mol. The van der Waals surface area contributed by atoms with E-state index in [4.69, 9.17) is 5.11 Å². The van der Waals surface area contributed by atoms with Gasteiger partial charge in [-0.3, -0.25) is 0 Å². The molecule has 5 nitrogen and oxygen atoms in total. The first-order valence-corrected chi connectivity index (χ1v) is 6.24. The predicted molar refractivity (Wildman–Crippen MR) is 67.4 cm³/mol. The van der Waals surface area contributed by atoms with Crippen molar-refractivity contribution >= 4 is 17.7 Å². The van der Waals surface area contributed by atoms with Crippen LogP contribution in [0.25, 0.3) is 0 Å². The van der Waals surface area contributed by atoms with Crippen molar-refractivity contribution in [3.05, 3.63) is 29.8 Å². The average Bonchev–Trinajstić information content (AvgIpc) is 2.41. The number of aliphatic carboxylic acids is 1. The highest BCUT2D eigenvalue weighted by Crippen LogP contribution is 2.20. The van der Waals surface area contributed by atoms with E-state index in [0.29, 0.717) is 25.5 Å². The Labute approximate surface area is 114 Å². The second-order valence-corrected chi connectivity index (χ2v) is 4.60. The lowest BCUT2D eigenvalue weighted by Gasteiger charge is -2.32. The van der Waals surface area contributed by atoms with E-state index in [2.05, 4.69) is 5.32 Å². The number of piperidine rings is 1. The minimum Gasteiger partial charge on any atom is -0.480 e. The quantitative estimate of drug-likeness (QED) is 0.876. The van der Waals surface area contributed by atoms with E-state index in [1.807, 2.05) is 0 Å². The number of carboxylic acid groups (broad SMARTS) is 1. The van der Waals surface area contributed by atoms with Crippen molar-refractivity contribution in [1.29, 1.82) is 0 Å². The topological polar surface area (TPSA) is 69.6 Å². The third kappa shape index (κ3) is 3.04. The highest BCUT2D eigenvalue weighted by molar-refractivity contribution is 5.92. The standard InChI is InChI=1S/C13H14F2N2O3/c14-8-4-5-10(9(15)7-8)16-13(20)17-6-2-1-3-11(17)12(18)19/h4-5,7,11H,1-3,6H2,(H,16,20)(H,18,19). The van der Waals surface area contributed by atoms with Crippen molar-refractivity contribution in [2.75, 3.05) is 11.9 Å². The zero-order chi connectivity index (χ0) is 14.7. The normalized spacial score (nSPS) is 18.7. The number of halogens is 2. The fraction of sp³-hybridized carbons (Fsp3) is 0.385. The molecule has 0 bridgehead atoms. The van der Waals surface area contributed by atoms with Gasteiger partial charge in [0.25, 0.3) is 0 Å². The maximum absolute atomic E-state index is 13.4. The molecule has 1 aromatic rings. The summed E-state index contributed by atoms with van der Waals surface area (Å²) >= 11 is 0. The molecule has 0 spiro atoms. The lowest BCUT2D eigenvalue weighted by Crippen LogP contribution is -2.49. The van der Waals surface area contributed by atoms with E-state index in [-0.39, 0.29) is 5.69 Å². The van der Waals surface area contributed by atoms with Crippen LogP contribution in [0.1, 0.15) is 19.3 Å². The molecule has 1 aromatic carbocycles. The van der Waals surface area contributed by atoms with Gasteiger partial charge in [-0.1, -0.05) is 0 Å². The van der Waals surface area contributed by atoms with E-state index in [0.717, 1.165) is 23.5 Å². The molecule has 1 atom stereocenters. The second-order valence-electron chi connectivity index (χ2n) is 4.60. The van der Waals surface area contributed by atoms with Crippen molar-refractivity contribution in [2.45, 2.75) is 25.3 Å². The van der Waals surface area contributed by atoms with E-state index >= 15 is 0 Å². The Bertz CT molecular complexity index is 536. The van der Waals surface area contributed by atoms with Gasteiger partial charge in [-0.2, -0.15) is 0 Å². The highest BCUT2D eigenvalue weighted by atomic mass is 19.1. The lowest BCUT2D eigenvalue weighted by atomic mass is 10.0. The Hall–Kier alpha value is -2.18. The van der Waals surface area contributed by atoms with Crippen molar-refractivity contribution in [2.24, 2.45) is 0 Å². The van der Waals surface area contributed by atoms with E-state index in [9.17, 15) is 18.4 Å². The summed E-state index contributed by atoms with van der Waals surface area (Å²) in [7, 11) is 0. The van der Waals surface area contributed by atoms with Gasteiger partial charge in [0.05, 0.1) is 5.69 Å². The van der Waals surface area contributed by atoms with Crippen molar-refractivity contribution in [3.63, 3.8) is 0 Å². The van der Waals surface area contributed by atoms with Gasteiger partial charge in [0.1, 0.15) is 17.7 Å². The third-order valence-electron chi connectivity index (χ3n) is 3.22. The van der Waals surface area contributed by atoms with Crippen LogP contribution in [-0.2, 0) is 4.79 Å². The number of nitrogens with one attached hydrogen (secondary N) is 1. The predicted octanol–water partition coefficient (Wildman–Crippen LogP) is 2.44. The first-order valence-electron chi connectivity index (χ1n) is 6.24. The zero-order valence-corrected chi connectivity index (χ0v) is 10.6. The average molecular weight is 284 g/mol. The minimum atomic E-state index is -1.08. The Morgan fingerprint density at radius 3 is 2.70 bits per heavy atom. The molecule has 7 heteroatoms. The maximum atomic E-state index is 13.4. The number of benzene rings is 1. The Balaban J connectivity index is 2.12. The molecular formula is C13H14F2N2O3. The highest BCUT2D eigenvalue weighted by Gasteiger charge is 2.32. The largest absolute Gasteiger partial charge is 0.480 e. The van der Waals surface area contributed by atoms with E-state index in [1.54, 1.807) is 0 Å². The van der Waals surface area contributed by atoms with Crippen LogP contribution < -0.4 is 5.32 Å². The van der Waals surface area contributed by atoms with Crippen molar-refractivity contribution in [1.82, 2.24) is 4.90 Å². The molecule has 1 heterocycles. The molecule has 20 heavy (non-hydrogen) atoms. The first-order chi connectivity index (χ1) is 9.49. The number of carbonyl (C=O) groups is 2. The number of anilines is 1. The summed E-state index contributed by atoms with van der Waals surface area (Å²) in [6, 6.07) is 1.17. The smallest absolute Gasteiger partial charge is 0.326 e. The second kappa shape index (κ2) is 5.85. The van der Waals surface area contributed by atoms with Crippen LogP contribution in [-0.4, -0.2) is 34.6 Å². The number of amides is 2. The zero-order valence-electron chi connectivity index (χ0n) is 10.6. The summed E-state index contributed by atoms with van der Waals surface area (Å²) in [4.78, 5) is 24.3. The molecule has 1 unspecified atom stereocenters. The monoisotopic (exact) mass is 284 g/mol. The molecule has 0 aromatic heterocycles. The number of hydrogen-bond donors (Lipinski definition) is 2. The Kier molecular flexibility index (Phi) is 4.16. The summed E-state index contributed by atoms with van der Waals surface area (Å²) in [6.45, 7) is 0.297. The van der Waals surface area contributed by atoms with Gasteiger partial charge in [0.2, 0.25) is 0 Å². The molecule has 2 amide bonds. The lowest BCUT2D eigenvalue weighted by molar-refractivity contribution is -0.143. The number of likely N-dealkylation sites (tertiary alicyclic amines) is 1. The fourth-order valence-electron chi connectivity index (χ4n) is 2.21. The van der Waals surface area contributed by atoms with Crippen LogP contribution in [0.2, 0.25) is 0 Å². The van der Waals surface area contributed by atoms with Crippen molar-refractivity contribution < 1.29 is 23.5 Å². The van der Waals surface area contributed by atoms with Crippen LogP contribution in [0.15, 0.2) is 18.2 Å². The molecule has 0 saturated carbocycles.